The standard InChI is InChI=1S/C19H17ClN2OS/c1-12-5-4-6-15(11-12)18(23)21-19-22(3)17(13(2)24-19)14-7-9-16(20)10-8-14/h4-11H,1-3H3. The number of rotatable bonds is 2. The Hall–Kier alpha value is -2.17. The van der Waals surface area contributed by atoms with Gasteiger partial charge >= 0.3 is 0 Å². The fourth-order valence-corrected chi connectivity index (χ4v) is 3.73. The summed E-state index contributed by atoms with van der Waals surface area (Å²) in [4.78, 5) is 18.5. The molecule has 1 heterocycles. The summed E-state index contributed by atoms with van der Waals surface area (Å²) in [7, 11) is 1.93. The van der Waals surface area contributed by atoms with Gasteiger partial charge in [-0.15, -0.1) is 11.3 Å². The van der Waals surface area contributed by atoms with Crippen LogP contribution < -0.4 is 4.80 Å². The summed E-state index contributed by atoms with van der Waals surface area (Å²) in [6.45, 7) is 4.00. The van der Waals surface area contributed by atoms with Crippen molar-refractivity contribution < 1.29 is 4.79 Å². The highest BCUT2D eigenvalue weighted by molar-refractivity contribution is 7.09. The van der Waals surface area contributed by atoms with Gasteiger partial charge in [-0.3, -0.25) is 4.79 Å². The molecule has 0 spiro atoms. The fraction of sp³-hybridized carbons (Fsp3) is 0.158. The SMILES string of the molecule is Cc1cccc(C(=O)N=c2sc(C)c(-c3ccc(Cl)cc3)n2C)c1. The molecule has 0 radical (unpaired) electrons. The molecule has 5 heteroatoms. The zero-order valence-electron chi connectivity index (χ0n) is 13.7. The van der Waals surface area contributed by atoms with Gasteiger partial charge in [0.25, 0.3) is 5.91 Å². The Morgan fingerprint density at radius 1 is 1.12 bits per heavy atom. The Morgan fingerprint density at radius 2 is 1.83 bits per heavy atom. The van der Waals surface area contributed by atoms with E-state index in [0.717, 1.165) is 21.7 Å². The highest BCUT2D eigenvalue weighted by atomic mass is 35.5. The van der Waals surface area contributed by atoms with Gasteiger partial charge in [-0.05, 0) is 43.7 Å². The molecule has 0 fully saturated rings. The lowest BCUT2D eigenvalue weighted by Crippen LogP contribution is -2.14. The number of aromatic nitrogens is 1. The number of carbonyl (C=O) groups is 1. The van der Waals surface area contributed by atoms with Crippen LogP contribution in [0.5, 0.6) is 0 Å². The summed E-state index contributed by atoms with van der Waals surface area (Å²) in [5.41, 5.74) is 3.76. The molecule has 3 aromatic rings. The minimum Gasteiger partial charge on any atom is -0.319 e. The molecule has 122 valence electrons. The van der Waals surface area contributed by atoms with E-state index < -0.39 is 0 Å². The topological polar surface area (TPSA) is 34.4 Å². The molecule has 0 saturated heterocycles. The molecule has 0 aliphatic carbocycles. The van der Waals surface area contributed by atoms with Gasteiger partial charge in [-0.1, -0.05) is 41.4 Å². The lowest BCUT2D eigenvalue weighted by atomic mass is 10.1. The second kappa shape index (κ2) is 6.75. The van der Waals surface area contributed by atoms with Crippen molar-refractivity contribution in [1.82, 2.24) is 4.57 Å². The zero-order chi connectivity index (χ0) is 17.3. The highest BCUT2D eigenvalue weighted by Crippen LogP contribution is 2.25. The minimum absolute atomic E-state index is 0.224. The van der Waals surface area contributed by atoms with E-state index in [2.05, 4.69) is 4.99 Å². The number of hydrogen-bond donors (Lipinski definition) is 0. The van der Waals surface area contributed by atoms with Crippen LogP contribution in [0.2, 0.25) is 5.02 Å². The van der Waals surface area contributed by atoms with Crippen LogP contribution in [0.3, 0.4) is 0 Å². The Labute approximate surface area is 149 Å². The van der Waals surface area contributed by atoms with E-state index in [1.807, 2.05) is 67.9 Å². The van der Waals surface area contributed by atoms with Gasteiger partial charge in [0.15, 0.2) is 4.80 Å². The first-order chi connectivity index (χ1) is 11.5. The molecule has 0 atom stereocenters. The molecule has 0 aliphatic rings. The maximum absolute atomic E-state index is 12.4. The Kier molecular flexibility index (Phi) is 4.69. The number of amides is 1. The van der Waals surface area contributed by atoms with Gasteiger partial charge < -0.3 is 4.57 Å². The average molecular weight is 357 g/mol. The molecule has 1 amide bonds. The molecule has 2 aromatic carbocycles. The molecular formula is C19H17ClN2OS. The van der Waals surface area contributed by atoms with Gasteiger partial charge in [-0.2, -0.15) is 4.99 Å². The van der Waals surface area contributed by atoms with Crippen molar-refractivity contribution in [3.63, 3.8) is 0 Å². The van der Waals surface area contributed by atoms with Gasteiger partial charge in [0.05, 0.1) is 5.69 Å². The van der Waals surface area contributed by atoms with E-state index in [1.165, 1.54) is 11.3 Å². The summed E-state index contributed by atoms with van der Waals surface area (Å²) < 4.78 is 1.96. The van der Waals surface area contributed by atoms with Crippen molar-refractivity contribution >= 4 is 28.8 Å². The van der Waals surface area contributed by atoms with E-state index in [4.69, 9.17) is 11.6 Å². The summed E-state index contributed by atoms with van der Waals surface area (Å²) in [6, 6.07) is 15.2. The first-order valence-corrected chi connectivity index (χ1v) is 8.73. The Balaban J connectivity index is 2.05. The van der Waals surface area contributed by atoms with Crippen LogP contribution in [0.15, 0.2) is 53.5 Å². The molecule has 0 bridgehead atoms. The predicted octanol–water partition coefficient (Wildman–Crippen LogP) is 4.76. The number of halogens is 1. The molecular weight excluding hydrogens is 340 g/mol. The van der Waals surface area contributed by atoms with Gasteiger partial charge in [-0.25, -0.2) is 0 Å². The second-order valence-electron chi connectivity index (χ2n) is 5.64. The summed E-state index contributed by atoms with van der Waals surface area (Å²) in [6.07, 6.45) is 0. The van der Waals surface area contributed by atoms with Crippen LogP contribution >= 0.6 is 22.9 Å². The normalized spacial score (nSPS) is 11.8. The number of benzene rings is 2. The van der Waals surface area contributed by atoms with Crippen LogP contribution in [0.4, 0.5) is 0 Å². The van der Waals surface area contributed by atoms with Crippen molar-refractivity contribution in [3.05, 3.63) is 74.4 Å². The average Bonchev–Trinajstić information content (AvgIpc) is 2.82. The third-order valence-corrected chi connectivity index (χ3v) is 5.08. The van der Waals surface area contributed by atoms with Crippen molar-refractivity contribution in [3.8, 4) is 11.3 Å². The number of hydrogen-bond acceptors (Lipinski definition) is 2. The fourth-order valence-electron chi connectivity index (χ4n) is 2.62. The number of aryl methyl sites for hydroxylation is 2. The number of nitrogens with zero attached hydrogens (tertiary/aromatic N) is 2. The molecule has 0 unspecified atom stereocenters. The monoisotopic (exact) mass is 356 g/mol. The van der Waals surface area contributed by atoms with E-state index in [0.29, 0.717) is 15.4 Å². The van der Waals surface area contributed by atoms with Crippen molar-refractivity contribution in [2.45, 2.75) is 13.8 Å². The summed E-state index contributed by atoms with van der Waals surface area (Å²) in [5, 5.41) is 0.703. The van der Waals surface area contributed by atoms with Crippen LogP contribution in [0, 0.1) is 13.8 Å². The smallest absolute Gasteiger partial charge is 0.279 e. The predicted molar refractivity (Wildman–Crippen MR) is 99.5 cm³/mol. The van der Waals surface area contributed by atoms with Gasteiger partial charge in [0, 0.05) is 22.5 Å². The van der Waals surface area contributed by atoms with Crippen LogP contribution in [0.25, 0.3) is 11.3 Å². The maximum atomic E-state index is 12.4. The molecule has 0 saturated carbocycles. The summed E-state index contributed by atoms with van der Waals surface area (Å²) in [5.74, 6) is -0.224. The molecule has 1 aromatic heterocycles. The van der Waals surface area contributed by atoms with E-state index in [1.54, 1.807) is 6.07 Å². The van der Waals surface area contributed by atoms with Gasteiger partial charge in [0.2, 0.25) is 0 Å². The van der Waals surface area contributed by atoms with Crippen LogP contribution in [0.1, 0.15) is 20.8 Å². The molecule has 3 nitrogen and oxygen atoms in total. The maximum Gasteiger partial charge on any atom is 0.279 e. The van der Waals surface area contributed by atoms with E-state index in [-0.39, 0.29) is 5.91 Å². The number of carbonyl (C=O) groups excluding carboxylic acids is 1. The third kappa shape index (κ3) is 3.35. The molecule has 3 rings (SSSR count). The molecule has 0 N–H and O–H groups in total. The van der Waals surface area contributed by atoms with Crippen molar-refractivity contribution in [2.24, 2.45) is 12.0 Å². The Morgan fingerprint density at radius 3 is 2.50 bits per heavy atom. The first-order valence-electron chi connectivity index (χ1n) is 7.54. The summed E-state index contributed by atoms with van der Waals surface area (Å²) >= 11 is 7.48. The van der Waals surface area contributed by atoms with E-state index in [9.17, 15) is 4.79 Å². The van der Waals surface area contributed by atoms with Crippen LogP contribution in [-0.4, -0.2) is 10.5 Å². The quantitative estimate of drug-likeness (QED) is 0.651. The van der Waals surface area contributed by atoms with Crippen molar-refractivity contribution in [2.75, 3.05) is 0 Å². The lowest BCUT2D eigenvalue weighted by Gasteiger charge is -2.04. The molecule has 24 heavy (non-hydrogen) atoms. The van der Waals surface area contributed by atoms with E-state index >= 15 is 0 Å². The first kappa shape index (κ1) is 16.7. The highest BCUT2D eigenvalue weighted by Gasteiger charge is 2.11. The second-order valence-corrected chi connectivity index (χ2v) is 7.26. The Bertz CT molecular complexity index is 968. The van der Waals surface area contributed by atoms with Crippen LogP contribution in [-0.2, 0) is 7.05 Å². The number of thiazole rings is 1. The largest absolute Gasteiger partial charge is 0.319 e. The third-order valence-electron chi connectivity index (χ3n) is 3.78. The van der Waals surface area contributed by atoms with Gasteiger partial charge in [0.1, 0.15) is 0 Å². The van der Waals surface area contributed by atoms with Crippen molar-refractivity contribution in [1.29, 1.82) is 0 Å². The molecule has 0 aliphatic heterocycles. The zero-order valence-corrected chi connectivity index (χ0v) is 15.3. The minimum atomic E-state index is -0.224. The lowest BCUT2D eigenvalue weighted by molar-refractivity contribution is 0.0998.